The molecule has 0 saturated carbocycles. The van der Waals surface area contributed by atoms with Crippen LogP contribution in [0.2, 0.25) is 0 Å². The number of hydrogen-bond donors (Lipinski definition) is 0. The van der Waals surface area contributed by atoms with Gasteiger partial charge in [0.05, 0.1) is 7.11 Å². The van der Waals surface area contributed by atoms with Crippen LogP contribution in [0.15, 0.2) is 54.6 Å². The van der Waals surface area contributed by atoms with Gasteiger partial charge in [-0.3, -0.25) is 0 Å². The summed E-state index contributed by atoms with van der Waals surface area (Å²) in [4.78, 5) is 0. The van der Waals surface area contributed by atoms with Gasteiger partial charge in [0.1, 0.15) is 6.61 Å². The smallest absolute Gasteiger partial charge is 0.161 e. The predicted octanol–water partition coefficient (Wildman–Crippen LogP) is 5.33. The standard InChI is InChI=1S/C17H18O2.C2H6/c1-3-7-14-10-11-16(17(12-14)18-2)19-13-15-8-5-4-6-9-15;1-2/h3-12H,13H2,1-2H3;1-2H3/b7-3-;. The summed E-state index contributed by atoms with van der Waals surface area (Å²) in [7, 11) is 1.66. The lowest BCUT2D eigenvalue weighted by atomic mass is 10.2. The van der Waals surface area contributed by atoms with E-state index in [0.717, 1.165) is 22.6 Å². The molecule has 0 aliphatic rings. The first-order valence-electron chi connectivity index (χ1n) is 7.31. The van der Waals surface area contributed by atoms with E-state index in [4.69, 9.17) is 9.47 Å². The highest BCUT2D eigenvalue weighted by Gasteiger charge is 2.04. The molecular weight excluding hydrogens is 260 g/mol. The molecule has 21 heavy (non-hydrogen) atoms. The third-order valence-corrected chi connectivity index (χ3v) is 2.78. The molecule has 2 aromatic carbocycles. The first-order valence-corrected chi connectivity index (χ1v) is 7.31. The number of hydrogen-bond acceptors (Lipinski definition) is 2. The largest absolute Gasteiger partial charge is 0.493 e. The Labute approximate surface area is 128 Å². The molecule has 0 aromatic heterocycles. The van der Waals surface area contributed by atoms with Crippen LogP contribution in [0.3, 0.4) is 0 Å². The summed E-state index contributed by atoms with van der Waals surface area (Å²) in [6.45, 7) is 6.53. The van der Waals surface area contributed by atoms with Gasteiger partial charge in [-0.05, 0) is 30.2 Å². The predicted molar refractivity (Wildman–Crippen MR) is 89.8 cm³/mol. The first kappa shape index (κ1) is 16.8. The molecule has 0 aliphatic heterocycles. The van der Waals surface area contributed by atoms with Crippen LogP contribution in [0, 0.1) is 0 Å². The van der Waals surface area contributed by atoms with E-state index in [1.54, 1.807) is 7.11 Å². The van der Waals surface area contributed by atoms with Crippen molar-refractivity contribution in [1.82, 2.24) is 0 Å². The number of rotatable bonds is 5. The van der Waals surface area contributed by atoms with Crippen LogP contribution in [0.5, 0.6) is 11.5 Å². The maximum absolute atomic E-state index is 5.80. The highest BCUT2D eigenvalue weighted by atomic mass is 16.5. The Balaban J connectivity index is 0.00000106. The van der Waals surface area contributed by atoms with Gasteiger partial charge in [-0.25, -0.2) is 0 Å². The number of ether oxygens (including phenoxy) is 2. The van der Waals surface area contributed by atoms with Crippen LogP contribution in [0.4, 0.5) is 0 Å². The fourth-order valence-electron chi connectivity index (χ4n) is 1.83. The molecule has 2 nitrogen and oxygen atoms in total. The molecule has 0 amide bonds. The van der Waals surface area contributed by atoms with Crippen molar-refractivity contribution < 1.29 is 9.47 Å². The monoisotopic (exact) mass is 284 g/mol. The Morgan fingerprint density at radius 2 is 1.67 bits per heavy atom. The van der Waals surface area contributed by atoms with E-state index in [1.807, 2.05) is 81.5 Å². The molecule has 0 unspecified atom stereocenters. The quantitative estimate of drug-likeness (QED) is 0.738. The van der Waals surface area contributed by atoms with Crippen molar-refractivity contribution in [3.63, 3.8) is 0 Å². The van der Waals surface area contributed by atoms with Crippen LogP contribution < -0.4 is 9.47 Å². The van der Waals surface area contributed by atoms with E-state index in [-0.39, 0.29) is 0 Å². The average molecular weight is 284 g/mol. The summed E-state index contributed by atoms with van der Waals surface area (Å²) in [5, 5.41) is 0. The fourth-order valence-corrected chi connectivity index (χ4v) is 1.83. The van der Waals surface area contributed by atoms with Crippen LogP contribution in [-0.2, 0) is 6.61 Å². The zero-order valence-electron chi connectivity index (χ0n) is 13.3. The second kappa shape index (κ2) is 9.65. The minimum atomic E-state index is 0.542. The normalized spacial score (nSPS) is 9.90. The average Bonchev–Trinajstić information content (AvgIpc) is 2.56. The van der Waals surface area contributed by atoms with E-state index >= 15 is 0 Å². The topological polar surface area (TPSA) is 18.5 Å². The molecule has 2 rings (SSSR count). The van der Waals surface area contributed by atoms with Crippen LogP contribution in [0.25, 0.3) is 6.08 Å². The summed E-state index contributed by atoms with van der Waals surface area (Å²) in [5.41, 5.74) is 2.24. The SMILES string of the molecule is C/C=C\c1ccc(OCc2ccccc2)c(OC)c1.CC. The van der Waals surface area contributed by atoms with Gasteiger partial charge in [0.25, 0.3) is 0 Å². The number of benzene rings is 2. The van der Waals surface area contributed by atoms with Crippen molar-refractivity contribution >= 4 is 6.08 Å². The Bertz CT molecular complexity index is 545. The van der Waals surface area contributed by atoms with Gasteiger partial charge < -0.3 is 9.47 Å². The van der Waals surface area contributed by atoms with Crippen molar-refractivity contribution in [2.45, 2.75) is 27.4 Å². The lowest BCUT2D eigenvalue weighted by molar-refractivity contribution is 0.284. The molecule has 112 valence electrons. The van der Waals surface area contributed by atoms with Crippen LogP contribution >= 0.6 is 0 Å². The first-order chi connectivity index (χ1) is 10.3. The molecule has 0 atom stereocenters. The molecule has 0 radical (unpaired) electrons. The van der Waals surface area contributed by atoms with Gasteiger partial charge in [0.15, 0.2) is 11.5 Å². The summed E-state index contributed by atoms with van der Waals surface area (Å²) in [6.07, 6.45) is 4.03. The fraction of sp³-hybridized carbons (Fsp3) is 0.263. The molecule has 0 bridgehead atoms. The highest BCUT2D eigenvalue weighted by Crippen LogP contribution is 2.29. The second-order valence-corrected chi connectivity index (χ2v) is 4.18. The maximum atomic E-state index is 5.80. The second-order valence-electron chi connectivity index (χ2n) is 4.18. The minimum Gasteiger partial charge on any atom is -0.493 e. The van der Waals surface area contributed by atoms with Crippen molar-refractivity contribution in [2.24, 2.45) is 0 Å². The van der Waals surface area contributed by atoms with Crippen molar-refractivity contribution in [3.8, 4) is 11.5 Å². The molecule has 0 heterocycles. The third-order valence-electron chi connectivity index (χ3n) is 2.78. The highest BCUT2D eigenvalue weighted by molar-refractivity contribution is 5.55. The van der Waals surface area contributed by atoms with E-state index in [1.165, 1.54) is 0 Å². The molecule has 2 heteroatoms. The van der Waals surface area contributed by atoms with Gasteiger partial charge in [0.2, 0.25) is 0 Å². The van der Waals surface area contributed by atoms with Crippen molar-refractivity contribution in [3.05, 3.63) is 65.7 Å². The summed E-state index contributed by atoms with van der Waals surface area (Å²) >= 11 is 0. The van der Waals surface area contributed by atoms with Crippen LogP contribution in [0.1, 0.15) is 31.9 Å². The molecule has 0 aliphatic carbocycles. The molecule has 0 spiro atoms. The Morgan fingerprint density at radius 3 is 2.29 bits per heavy atom. The lowest BCUT2D eigenvalue weighted by Crippen LogP contribution is -1.97. The lowest BCUT2D eigenvalue weighted by Gasteiger charge is -2.11. The third kappa shape index (κ3) is 5.35. The van der Waals surface area contributed by atoms with Gasteiger partial charge in [-0.15, -0.1) is 0 Å². The van der Waals surface area contributed by atoms with Gasteiger partial charge in [-0.1, -0.05) is 62.4 Å². The minimum absolute atomic E-state index is 0.542. The zero-order valence-corrected chi connectivity index (χ0v) is 13.3. The maximum Gasteiger partial charge on any atom is 0.161 e. The van der Waals surface area contributed by atoms with Gasteiger partial charge in [0, 0.05) is 0 Å². The molecule has 0 N–H and O–H groups in total. The Morgan fingerprint density at radius 1 is 0.952 bits per heavy atom. The van der Waals surface area contributed by atoms with Crippen molar-refractivity contribution in [1.29, 1.82) is 0 Å². The summed E-state index contributed by atoms with van der Waals surface area (Å²) < 4.78 is 11.2. The molecule has 0 fully saturated rings. The van der Waals surface area contributed by atoms with Gasteiger partial charge >= 0.3 is 0 Å². The number of allylic oxidation sites excluding steroid dienone is 1. The Kier molecular flexibility index (Phi) is 7.73. The molecular formula is C19H24O2. The zero-order chi connectivity index (χ0) is 15.5. The van der Waals surface area contributed by atoms with Crippen LogP contribution in [-0.4, -0.2) is 7.11 Å². The summed E-state index contributed by atoms with van der Waals surface area (Å²) in [5.74, 6) is 1.52. The van der Waals surface area contributed by atoms with E-state index in [0.29, 0.717) is 6.61 Å². The number of methoxy groups -OCH3 is 1. The van der Waals surface area contributed by atoms with E-state index < -0.39 is 0 Å². The van der Waals surface area contributed by atoms with E-state index in [9.17, 15) is 0 Å². The van der Waals surface area contributed by atoms with Gasteiger partial charge in [-0.2, -0.15) is 0 Å². The summed E-state index contributed by atoms with van der Waals surface area (Å²) in [6, 6.07) is 16.0. The molecule has 0 saturated heterocycles. The molecule has 2 aromatic rings. The Hall–Kier alpha value is -2.22. The van der Waals surface area contributed by atoms with E-state index in [2.05, 4.69) is 0 Å². The van der Waals surface area contributed by atoms with Crippen molar-refractivity contribution in [2.75, 3.05) is 7.11 Å².